The smallest absolute Gasteiger partial charge is 0.277 e. The molecule has 0 aliphatic carbocycles. The van der Waals surface area contributed by atoms with Crippen LogP contribution in [0.1, 0.15) is 25.2 Å². The molecule has 7 nitrogen and oxygen atoms in total. The first-order valence-corrected chi connectivity index (χ1v) is 9.14. The van der Waals surface area contributed by atoms with Crippen LogP contribution >= 0.6 is 11.8 Å². The molecule has 0 saturated carbocycles. The number of rotatable bonds is 7. The number of hydrogen-bond acceptors (Lipinski definition) is 7. The third-order valence-corrected chi connectivity index (χ3v) is 5.16. The van der Waals surface area contributed by atoms with E-state index < -0.39 is 0 Å². The molecule has 1 N–H and O–H groups in total. The largest absolute Gasteiger partial charge is 0.469 e. The summed E-state index contributed by atoms with van der Waals surface area (Å²) in [5, 5.41) is 11.1. The third kappa shape index (κ3) is 4.32. The molecule has 1 atom stereocenters. The zero-order chi connectivity index (χ0) is 18.5. The lowest BCUT2D eigenvalue weighted by Crippen LogP contribution is -2.35. The van der Waals surface area contributed by atoms with Gasteiger partial charge in [-0.05, 0) is 30.5 Å². The molecule has 0 fully saturated rings. The first kappa shape index (κ1) is 18.2. The Labute approximate surface area is 155 Å². The van der Waals surface area contributed by atoms with E-state index in [-0.39, 0.29) is 17.1 Å². The van der Waals surface area contributed by atoms with E-state index in [1.54, 1.807) is 24.7 Å². The van der Waals surface area contributed by atoms with Crippen LogP contribution in [0, 0.1) is 12.8 Å². The Morgan fingerprint density at radius 1 is 1.31 bits per heavy atom. The second-order valence-corrected chi connectivity index (χ2v) is 7.22. The first-order valence-electron chi connectivity index (χ1n) is 8.26. The average Bonchev–Trinajstić information content (AvgIpc) is 3.26. The molecule has 0 unspecified atom stereocenters. The van der Waals surface area contributed by atoms with Crippen molar-refractivity contribution in [1.82, 2.24) is 20.5 Å². The number of carbonyl (C=O) groups is 1. The maximum atomic E-state index is 12.6. The zero-order valence-electron chi connectivity index (χ0n) is 14.8. The Kier molecular flexibility index (Phi) is 5.72. The van der Waals surface area contributed by atoms with Gasteiger partial charge in [0.1, 0.15) is 5.76 Å². The zero-order valence-corrected chi connectivity index (χ0v) is 15.6. The Hall–Kier alpha value is -2.61. The molecule has 0 radical (unpaired) electrons. The third-order valence-electron chi connectivity index (χ3n) is 3.78. The summed E-state index contributed by atoms with van der Waals surface area (Å²) in [6.07, 6.45) is 5.01. The Morgan fingerprint density at radius 3 is 2.81 bits per heavy atom. The van der Waals surface area contributed by atoms with Gasteiger partial charge in [-0.15, -0.1) is 10.2 Å². The molecule has 26 heavy (non-hydrogen) atoms. The van der Waals surface area contributed by atoms with Gasteiger partial charge in [0.25, 0.3) is 11.1 Å². The molecular formula is C18H20N4O3S. The van der Waals surface area contributed by atoms with Crippen LogP contribution in [0.4, 0.5) is 0 Å². The van der Waals surface area contributed by atoms with Crippen molar-refractivity contribution in [2.24, 2.45) is 5.92 Å². The molecule has 0 aliphatic heterocycles. The Bertz CT molecular complexity index is 860. The van der Waals surface area contributed by atoms with Crippen molar-refractivity contribution in [3.63, 3.8) is 0 Å². The van der Waals surface area contributed by atoms with Crippen LogP contribution in [0.25, 0.3) is 11.5 Å². The molecule has 0 bridgehead atoms. The summed E-state index contributed by atoms with van der Waals surface area (Å²) in [6.45, 7) is 6.23. The summed E-state index contributed by atoms with van der Waals surface area (Å²) in [6, 6.07) is 5.54. The minimum atomic E-state index is -0.342. The minimum absolute atomic E-state index is 0.0758. The van der Waals surface area contributed by atoms with Gasteiger partial charge in [0.15, 0.2) is 0 Å². The number of thioether (sulfide) groups is 1. The predicted molar refractivity (Wildman–Crippen MR) is 97.3 cm³/mol. The van der Waals surface area contributed by atoms with Crippen LogP contribution in [-0.4, -0.2) is 26.3 Å². The molecule has 3 aromatic rings. The molecule has 0 aliphatic rings. The highest BCUT2D eigenvalue weighted by Crippen LogP contribution is 2.31. The van der Waals surface area contributed by atoms with E-state index in [1.807, 2.05) is 32.9 Å². The standard InChI is InChI=1S/C18H20N4O3S/c1-11(2)15(16(23)20-10-13-5-4-7-19-9-13)26-18-22-21-17(25-18)14-6-8-24-12(14)3/h4-9,11,15H,10H2,1-3H3,(H,20,23)/t15-/m1/s1. The number of amides is 1. The van der Waals surface area contributed by atoms with Crippen molar-refractivity contribution in [2.45, 2.75) is 37.8 Å². The molecule has 3 heterocycles. The second kappa shape index (κ2) is 8.18. The van der Waals surface area contributed by atoms with Crippen LogP contribution in [0.2, 0.25) is 0 Å². The van der Waals surface area contributed by atoms with Crippen molar-refractivity contribution in [3.8, 4) is 11.5 Å². The highest BCUT2D eigenvalue weighted by molar-refractivity contribution is 8.00. The molecule has 0 aromatic carbocycles. The highest BCUT2D eigenvalue weighted by Gasteiger charge is 2.26. The fourth-order valence-corrected chi connectivity index (χ4v) is 3.26. The summed E-state index contributed by atoms with van der Waals surface area (Å²) in [5.41, 5.74) is 1.70. The maximum Gasteiger partial charge on any atom is 0.277 e. The summed E-state index contributed by atoms with van der Waals surface area (Å²) < 4.78 is 10.9. The van der Waals surface area contributed by atoms with E-state index in [1.165, 1.54) is 11.8 Å². The van der Waals surface area contributed by atoms with Crippen molar-refractivity contribution < 1.29 is 13.6 Å². The van der Waals surface area contributed by atoms with Crippen LogP contribution < -0.4 is 5.32 Å². The molecule has 136 valence electrons. The fourth-order valence-electron chi connectivity index (χ4n) is 2.37. The lowest BCUT2D eigenvalue weighted by molar-refractivity contribution is -0.121. The average molecular weight is 372 g/mol. The minimum Gasteiger partial charge on any atom is -0.469 e. The molecular weight excluding hydrogens is 352 g/mol. The van der Waals surface area contributed by atoms with Gasteiger partial charge in [-0.25, -0.2) is 0 Å². The van der Waals surface area contributed by atoms with Crippen molar-refractivity contribution in [3.05, 3.63) is 48.2 Å². The fraction of sp³-hybridized carbons (Fsp3) is 0.333. The van der Waals surface area contributed by atoms with E-state index in [9.17, 15) is 4.79 Å². The van der Waals surface area contributed by atoms with E-state index in [0.29, 0.717) is 23.4 Å². The highest BCUT2D eigenvalue weighted by atomic mass is 32.2. The lowest BCUT2D eigenvalue weighted by Gasteiger charge is -2.17. The summed E-state index contributed by atoms with van der Waals surface area (Å²) >= 11 is 1.27. The number of pyridine rings is 1. The monoisotopic (exact) mass is 372 g/mol. The van der Waals surface area contributed by atoms with Gasteiger partial charge in [-0.2, -0.15) is 0 Å². The number of hydrogen-bond donors (Lipinski definition) is 1. The summed E-state index contributed by atoms with van der Waals surface area (Å²) in [7, 11) is 0. The van der Waals surface area contributed by atoms with Gasteiger partial charge in [0, 0.05) is 18.9 Å². The van der Waals surface area contributed by atoms with Gasteiger partial charge in [-0.1, -0.05) is 31.7 Å². The molecule has 0 spiro atoms. The van der Waals surface area contributed by atoms with E-state index in [4.69, 9.17) is 8.83 Å². The molecule has 8 heteroatoms. The van der Waals surface area contributed by atoms with E-state index in [2.05, 4.69) is 20.5 Å². The topological polar surface area (TPSA) is 94.0 Å². The first-order chi connectivity index (χ1) is 12.5. The van der Waals surface area contributed by atoms with E-state index >= 15 is 0 Å². The number of furan rings is 1. The van der Waals surface area contributed by atoms with Crippen molar-refractivity contribution >= 4 is 17.7 Å². The summed E-state index contributed by atoms with van der Waals surface area (Å²) in [5.74, 6) is 1.12. The Morgan fingerprint density at radius 2 is 2.15 bits per heavy atom. The quantitative estimate of drug-likeness (QED) is 0.635. The van der Waals surface area contributed by atoms with Crippen molar-refractivity contribution in [1.29, 1.82) is 0 Å². The van der Waals surface area contributed by atoms with E-state index in [0.717, 1.165) is 11.1 Å². The summed E-state index contributed by atoms with van der Waals surface area (Å²) in [4.78, 5) is 16.6. The molecule has 1 amide bonds. The Balaban J connectivity index is 1.66. The molecule has 3 aromatic heterocycles. The lowest BCUT2D eigenvalue weighted by atomic mass is 10.1. The molecule has 3 rings (SSSR count). The number of nitrogens with zero attached hydrogens (tertiary/aromatic N) is 3. The SMILES string of the molecule is Cc1occc1-c1nnc(S[C@@H](C(=O)NCc2cccnc2)C(C)C)o1. The van der Waals surface area contributed by atoms with Gasteiger partial charge < -0.3 is 14.2 Å². The number of nitrogens with one attached hydrogen (secondary N) is 1. The normalized spacial score (nSPS) is 12.3. The van der Waals surface area contributed by atoms with Crippen LogP contribution in [0.5, 0.6) is 0 Å². The van der Waals surface area contributed by atoms with Crippen molar-refractivity contribution in [2.75, 3.05) is 0 Å². The second-order valence-electron chi connectivity index (χ2n) is 6.13. The van der Waals surface area contributed by atoms with Gasteiger partial charge in [0.2, 0.25) is 5.91 Å². The number of aromatic nitrogens is 3. The molecule has 0 saturated heterocycles. The maximum absolute atomic E-state index is 12.6. The number of aryl methyl sites for hydroxylation is 1. The number of carbonyl (C=O) groups excluding carboxylic acids is 1. The van der Waals surface area contributed by atoms with Crippen LogP contribution in [-0.2, 0) is 11.3 Å². The van der Waals surface area contributed by atoms with Crippen LogP contribution in [0.15, 0.2) is 50.9 Å². The van der Waals surface area contributed by atoms with Gasteiger partial charge in [0.05, 0.1) is 17.1 Å². The predicted octanol–water partition coefficient (Wildman–Crippen LogP) is 3.47. The van der Waals surface area contributed by atoms with Gasteiger partial charge >= 0.3 is 0 Å². The van der Waals surface area contributed by atoms with Crippen LogP contribution in [0.3, 0.4) is 0 Å². The van der Waals surface area contributed by atoms with Gasteiger partial charge in [-0.3, -0.25) is 9.78 Å².